The lowest BCUT2D eigenvalue weighted by Crippen LogP contribution is -2.41. The van der Waals surface area contributed by atoms with Crippen LogP contribution in [0.25, 0.3) is 0 Å². The number of benzene rings is 1. The molecule has 0 saturated carbocycles. The van der Waals surface area contributed by atoms with Crippen molar-refractivity contribution in [2.45, 2.75) is 32.2 Å². The number of methoxy groups -OCH3 is 2. The number of carbonyl (C=O) groups is 2. The van der Waals surface area contributed by atoms with Crippen molar-refractivity contribution in [3.8, 4) is 11.5 Å². The molecule has 0 unspecified atom stereocenters. The van der Waals surface area contributed by atoms with Crippen molar-refractivity contribution in [2.24, 2.45) is 5.92 Å². The lowest BCUT2D eigenvalue weighted by Gasteiger charge is -2.32. The molecule has 1 saturated heterocycles. The van der Waals surface area contributed by atoms with Gasteiger partial charge in [0, 0.05) is 37.7 Å². The average Bonchev–Trinajstić information content (AvgIpc) is 2.70. The Morgan fingerprint density at radius 1 is 1.31 bits per heavy atom. The highest BCUT2D eigenvalue weighted by Crippen LogP contribution is 2.24. The molecule has 1 aliphatic rings. The van der Waals surface area contributed by atoms with Crippen LogP contribution in [0.4, 0.5) is 0 Å². The van der Waals surface area contributed by atoms with E-state index < -0.39 is 6.61 Å². The number of ether oxygens (including phenoxy) is 2. The summed E-state index contributed by atoms with van der Waals surface area (Å²) in [6.07, 6.45) is 3.08. The third kappa shape index (κ3) is 5.62. The Kier molecular flexibility index (Phi) is 7.72. The van der Waals surface area contributed by atoms with Crippen LogP contribution in [0.1, 0.15) is 31.2 Å². The molecule has 2 N–H and O–H groups in total. The fourth-order valence-electron chi connectivity index (χ4n) is 3.24. The number of amides is 2. The summed E-state index contributed by atoms with van der Waals surface area (Å²) in [5.41, 5.74) is 0.888. The summed E-state index contributed by atoms with van der Waals surface area (Å²) in [4.78, 5) is 25.4. The van der Waals surface area contributed by atoms with E-state index in [-0.39, 0.29) is 11.8 Å². The number of nitrogens with one attached hydrogen (secondary N) is 1. The summed E-state index contributed by atoms with van der Waals surface area (Å²) in [6.45, 7) is 1.26. The fourth-order valence-corrected chi connectivity index (χ4v) is 3.24. The molecule has 144 valence electrons. The Hall–Kier alpha value is -2.28. The van der Waals surface area contributed by atoms with E-state index in [9.17, 15) is 9.59 Å². The quantitative estimate of drug-likeness (QED) is 0.727. The van der Waals surface area contributed by atoms with Crippen LogP contribution in [0.3, 0.4) is 0 Å². The van der Waals surface area contributed by atoms with Crippen molar-refractivity contribution in [2.75, 3.05) is 33.9 Å². The third-order valence-corrected chi connectivity index (χ3v) is 4.76. The highest BCUT2D eigenvalue weighted by atomic mass is 16.5. The maximum atomic E-state index is 12.2. The predicted molar refractivity (Wildman–Crippen MR) is 97.0 cm³/mol. The Bertz CT molecular complexity index is 620. The molecule has 1 fully saturated rings. The van der Waals surface area contributed by atoms with Crippen molar-refractivity contribution in [1.82, 2.24) is 10.2 Å². The zero-order valence-corrected chi connectivity index (χ0v) is 15.5. The molecular weight excluding hydrogens is 336 g/mol. The molecule has 2 rings (SSSR count). The Morgan fingerprint density at radius 2 is 2.12 bits per heavy atom. The van der Waals surface area contributed by atoms with Crippen molar-refractivity contribution in [3.05, 3.63) is 23.8 Å². The standard InChI is InChI=1S/C19H28N2O5/c1-25-16-7-6-15(17(10-16)26-2)11-20-18(23)8-5-14-4-3-9-21(12-14)19(24)13-22/h6-7,10,14,22H,3-5,8-9,11-13H2,1-2H3,(H,20,23)/t14-/m1/s1. The second-order valence-corrected chi connectivity index (χ2v) is 6.50. The van der Waals surface area contributed by atoms with E-state index in [1.54, 1.807) is 25.2 Å². The van der Waals surface area contributed by atoms with E-state index in [2.05, 4.69) is 5.32 Å². The van der Waals surface area contributed by atoms with E-state index in [0.29, 0.717) is 43.5 Å². The number of hydrogen-bond donors (Lipinski definition) is 2. The topological polar surface area (TPSA) is 88.1 Å². The van der Waals surface area contributed by atoms with Crippen molar-refractivity contribution >= 4 is 11.8 Å². The smallest absolute Gasteiger partial charge is 0.248 e. The molecule has 0 spiro atoms. The first-order valence-electron chi connectivity index (χ1n) is 8.93. The van der Waals surface area contributed by atoms with Gasteiger partial charge in [-0.15, -0.1) is 0 Å². The van der Waals surface area contributed by atoms with Crippen LogP contribution in [0.15, 0.2) is 18.2 Å². The van der Waals surface area contributed by atoms with Gasteiger partial charge in [-0.25, -0.2) is 0 Å². The monoisotopic (exact) mass is 364 g/mol. The number of piperidine rings is 1. The van der Waals surface area contributed by atoms with Gasteiger partial charge in [0.2, 0.25) is 11.8 Å². The van der Waals surface area contributed by atoms with Crippen LogP contribution in [-0.4, -0.2) is 55.7 Å². The minimum Gasteiger partial charge on any atom is -0.497 e. The van der Waals surface area contributed by atoms with Gasteiger partial charge in [-0.1, -0.05) is 0 Å². The van der Waals surface area contributed by atoms with E-state index in [1.165, 1.54) is 0 Å². The molecule has 1 atom stereocenters. The number of likely N-dealkylation sites (tertiary alicyclic amines) is 1. The molecule has 26 heavy (non-hydrogen) atoms. The van der Waals surface area contributed by atoms with Crippen molar-refractivity contribution < 1.29 is 24.2 Å². The first-order chi connectivity index (χ1) is 12.6. The summed E-state index contributed by atoms with van der Waals surface area (Å²) in [5.74, 6) is 1.44. The van der Waals surface area contributed by atoms with Crippen LogP contribution < -0.4 is 14.8 Å². The first-order valence-corrected chi connectivity index (χ1v) is 8.93. The van der Waals surface area contributed by atoms with E-state index in [4.69, 9.17) is 14.6 Å². The minimum absolute atomic E-state index is 0.0199. The predicted octanol–water partition coefficient (Wildman–Crippen LogP) is 1.33. The van der Waals surface area contributed by atoms with E-state index >= 15 is 0 Å². The zero-order chi connectivity index (χ0) is 18.9. The lowest BCUT2D eigenvalue weighted by molar-refractivity contribution is -0.136. The van der Waals surface area contributed by atoms with Gasteiger partial charge in [-0.2, -0.15) is 0 Å². The summed E-state index contributed by atoms with van der Waals surface area (Å²) in [7, 11) is 3.18. The first kappa shape index (κ1) is 20.0. The summed E-state index contributed by atoms with van der Waals surface area (Å²) >= 11 is 0. The van der Waals surface area contributed by atoms with Crippen LogP contribution in [0.5, 0.6) is 11.5 Å². The second kappa shape index (κ2) is 10.0. The number of rotatable bonds is 8. The van der Waals surface area contributed by atoms with Gasteiger partial charge in [0.15, 0.2) is 0 Å². The summed E-state index contributed by atoms with van der Waals surface area (Å²) in [5, 5.41) is 11.9. The number of carbonyl (C=O) groups excluding carboxylic acids is 2. The number of aliphatic hydroxyl groups is 1. The van der Waals surface area contributed by atoms with Crippen LogP contribution >= 0.6 is 0 Å². The molecule has 1 heterocycles. The van der Waals surface area contributed by atoms with E-state index in [1.807, 2.05) is 12.1 Å². The largest absolute Gasteiger partial charge is 0.497 e. The highest BCUT2D eigenvalue weighted by molar-refractivity contribution is 5.77. The van der Waals surface area contributed by atoms with Gasteiger partial charge in [-0.3, -0.25) is 9.59 Å². The lowest BCUT2D eigenvalue weighted by atomic mass is 9.93. The molecule has 2 amide bonds. The summed E-state index contributed by atoms with van der Waals surface area (Å²) < 4.78 is 10.5. The molecule has 0 aliphatic carbocycles. The fraction of sp³-hybridized carbons (Fsp3) is 0.579. The van der Waals surface area contributed by atoms with Crippen LogP contribution in [0, 0.1) is 5.92 Å². The molecular formula is C19H28N2O5. The molecule has 0 aromatic heterocycles. The van der Waals surface area contributed by atoms with Gasteiger partial charge >= 0.3 is 0 Å². The maximum absolute atomic E-state index is 12.2. The highest BCUT2D eigenvalue weighted by Gasteiger charge is 2.23. The Balaban J connectivity index is 1.78. The van der Waals surface area contributed by atoms with Crippen molar-refractivity contribution in [1.29, 1.82) is 0 Å². The Morgan fingerprint density at radius 3 is 2.81 bits per heavy atom. The second-order valence-electron chi connectivity index (χ2n) is 6.50. The maximum Gasteiger partial charge on any atom is 0.248 e. The van der Waals surface area contributed by atoms with Gasteiger partial charge in [-0.05, 0) is 37.3 Å². The molecule has 0 radical (unpaired) electrons. The number of nitrogens with zero attached hydrogens (tertiary/aromatic N) is 1. The average molecular weight is 364 g/mol. The number of hydrogen-bond acceptors (Lipinski definition) is 5. The molecule has 1 aliphatic heterocycles. The molecule has 7 heteroatoms. The van der Waals surface area contributed by atoms with Crippen LogP contribution in [-0.2, 0) is 16.1 Å². The summed E-state index contributed by atoms with van der Waals surface area (Å²) in [6, 6.07) is 5.49. The molecule has 1 aromatic carbocycles. The third-order valence-electron chi connectivity index (χ3n) is 4.76. The zero-order valence-electron chi connectivity index (χ0n) is 15.5. The van der Waals surface area contributed by atoms with Gasteiger partial charge < -0.3 is 24.8 Å². The van der Waals surface area contributed by atoms with Crippen LogP contribution in [0.2, 0.25) is 0 Å². The normalized spacial score (nSPS) is 16.9. The van der Waals surface area contributed by atoms with Gasteiger partial charge in [0.05, 0.1) is 14.2 Å². The molecule has 7 nitrogen and oxygen atoms in total. The van der Waals surface area contributed by atoms with Gasteiger partial charge in [0.1, 0.15) is 18.1 Å². The molecule has 0 bridgehead atoms. The minimum atomic E-state index is -0.448. The van der Waals surface area contributed by atoms with Crippen molar-refractivity contribution in [3.63, 3.8) is 0 Å². The van der Waals surface area contributed by atoms with Gasteiger partial charge in [0.25, 0.3) is 0 Å². The SMILES string of the molecule is COc1ccc(CNC(=O)CC[C@H]2CCCN(C(=O)CO)C2)c(OC)c1. The number of aliphatic hydroxyl groups excluding tert-OH is 1. The van der Waals surface area contributed by atoms with E-state index in [0.717, 1.165) is 24.8 Å². The Labute approximate surface area is 154 Å². The molecule has 1 aromatic rings.